The molecule has 0 radical (unpaired) electrons. The van der Waals surface area contributed by atoms with Crippen LogP contribution >= 0.6 is 11.3 Å². The minimum atomic E-state index is -3.38. The van der Waals surface area contributed by atoms with Crippen molar-refractivity contribution < 1.29 is 23.1 Å². The van der Waals surface area contributed by atoms with Gasteiger partial charge in [0.15, 0.2) is 5.13 Å². The van der Waals surface area contributed by atoms with Crippen molar-refractivity contribution in [3.8, 4) is 0 Å². The summed E-state index contributed by atoms with van der Waals surface area (Å²) in [5, 5.41) is 12.6. The molecule has 1 aromatic rings. The monoisotopic (exact) mass is 307 g/mol. The van der Waals surface area contributed by atoms with Gasteiger partial charge in [-0.25, -0.2) is 13.4 Å². The molecule has 0 aliphatic carbocycles. The average Bonchev–Trinajstić information content (AvgIpc) is 2.61. The SMILES string of the molecule is CS(=O)(=O)Nc1nc(CC(=O)NCCC(=O)O)cs1. The lowest BCUT2D eigenvalue weighted by molar-refractivity contribution is -0.136. The van der Waals surface area contributed by atoms with Gasteiger partial charge in [0.2, 0.25) is 15.9 Å². The Morgan fingerprint density at radius 2 is 2.16 bits per heavy atom. The molecule has 10 heteroatoms. The highest BCUT2D eigenvalue weighted by Gasteiger charge is 2.10. The first-order valence-electron chi connectivity index (χ1n) is 5.17. The molecule has 3 N–H and O–H groups in total. The first-order valence-corrected chi connectivity index (χ1v) is 7.94. The molecule has 0 atom stereocenters. The van der Waals surface area contributed by atoms with Crippen molar-refractivity contribution in [2.45, 2.75) is 12.8 Å². The Morgan fingerprint density at radius 1 is 1.47 bits per heavy atom. The number of hydrogen-bond acceptors (Lipinski definition) is 6. The third kappa shape index (κ3) is 6.72. The second-order valence-corrected chi connectivity index (χ2v) is 6.30. The van der Waals surface area contributed by atoms with E-state index in [1.807, 2.05) is 0 Å². The summed E-state index contributed by atoms with van der Waals surface area (Å²) >= 11 is 1.07. The predicted octanol–water partition coefficient (Wildman–Crippen LogP) is -0.352. The molecule has 1 amide bonds. The molecular formula is C9H13N3O5S2. The molecule has 19 heavy (non-hydrogen) atoms. The number of rotatable bonds is 7. The van der Waals surface area contributed by atoms with Gasteiger partial charge in [0.05, 0.1) is 24.8 Å². The third-order valence-electron chi connectivity index (χ3n) is 1.83. The van der Waals surface area contributed by atoms with Crippen LogP contribution in [0.1, 0.15) is 12.1 Å². The summed E-state index contributed by atoms with van der Waals surface area (Å²) in [4.78, 5) is 25.6. The van der Waals surface area contributed by atoms with Crippen molar-refractivity contribution in [1.29, 1.82) is 0 Å². The number of aromatic nitrogens is 1. The number of thiazole rings is 1. The van der Waals surface area contributed by atoms with Crippen LogP contribution in [0.4, 0.5) is 5.13 Å². The fourth-order valence-corrected chi connectivity index (χ4v) is 2.69. The van der Waals surface area contributed by atoms with Crippen LogP contribution in [0.15, 0.2) is 5.38 Å². The van der Waals surface area contributed by atoms with E-state index in [4.69, 9.17) is 5.11 Å². The molecule has 8 nitrogen and oxygen atoms in total. The first-order chi connectivity index (χ1) is 8.76. The van der Waals surface area contributed by atoms with Crippen molar-refractivity contribution in [1.82, 2.24) is 10.3 Å². The maximum atomic E-state index is 11.4. The van der Waals surface area contributed by atoms with Crippen LogP contribution in [0.3, 0.4) is 0 Å². The summed E-state index contributed by atoms with van der Waals surface area (Å²) in [6.45, 7) is 0.0484. The molecule has 0 bridgehead atoms. The van der Waals surface area contributed by atoms with Gasteiger partial charge in [-0.15, -0.1) is 11.3 Å². The Hall–Kier alpha value is -1.68. The summed E-state index contributed by atoms with van der Waals surface area (Å²) in [7, 11) is -3.38. The molecule has 0 aliphatic heterocycles. The Kier molecular flexibility index (Phi) is 5.24. The fourth-order valence-electron chi connectivity index (χ4n) is 1.13. The van der Waals surface area contributed by atoms with E-state index < -0.39 is 16.0 Å². The summed E-state index contributed by atoms with van der Waals surface area (Å²) in [6.07, 6.45) is 0.831. The summed E-state index contributed by atoms with van der Waals surface area (Å²) in [6, 6.07) is 0. The van der Waals surface area contributed by atoms with Crippen molar-refractivity contribution in [2.75, 3.05) is 17.5 Å². The number of hydrogen-bond donors (Lipinski definition) is 3. The van der Waals surface area contributed by atoms with Gasteiger partial charge in [-0.3, -0.25) is 14.3 Å². The number of nitrogens with zero attached hydrogens (tertiary/aromatic N) is 1. The Morgan fingerprint density at radius 3 is 2.74 bits per heavy atom. The highest BCUT2D eigenvalue weighted by molar-refractivity contribution is 7.92. The zero-order chi connectivity index (χ0) is 14.5. The number of anilines is 1. The summed E-state index contributed by atoms with van der Waals surface area (Å²) in [5.74, 6) is -1.36. The van der Waals surface area contributed by atoms with E-state index in [2.05, 4.69) is 15.0 Å². The van der Waals surface area contributed by atoms with E-state index in [1.54, 1.807) is 5.38 Å². The Labute approximate surface area is 113 Å². The zero-order valence-corrected chi connectivity index (χ0v) is 11.7. The maximum absolute atomic E-state index is 11.4. The number of amides is 1. The largest absolute Gasteiger partial charge is 0.481 e. The minimum absolute atomic E-state index is 0.0262. The standard InChI is InChI=1S/C9H13N3O5S2/c1-19(16,17)12-9-11-6(5-18-9)4-7(13)10-3-2-8(14)15/h5H,2-4H2,1H3,(H,10,13)(H,11,12)(H,14,15). The topological polar surface area (TPSA) is 125 Å². The van der Waals surface area contributed by atoms with E-state index in [0.29, 0.717) is 5.69 Å². The van der Waals surface area contributed by atoms with Crippen LogP contribution in [-0.2, 0) is 26.0 Å². The van der Waals surface area contributed by atoms with Crippen molar-refractivity contribution in [3.63, 3.8) is 0 Å². The smallest absolute Gasteiger partial charge is 0.305 e. The Bertz CT molecular complexity index is 566. The summed E-state index contributed by atoms with van der Waals surface area (Å²) in [5.41, 5.74) is 0.420. The number of carboxylic acids is 1. The number of carbonyl (C=O) groups excluding carboxylic acids is 1. The number of sulfonamides is 1. The van der Waals surface area contributed by atoms with E-state index in [0.717, 1.165) is 17.6 Å². The lowest BCUT2D eigenvalue weighted by atomic mass is 10.3. The number of carbonyl (C=O) groups is 2. The number of aliphatic carboxylic acids is 1. The molecule has 1 rings (SSSR count). The van der Waals surface area contributed by atoms with Gasteiger partial charge in [0.25, 0.3) is 0 Å². The van der Waals surface area contributed by atoms with E-state index >= 15 is 0 Å². The van der Waals surface area contributed by atoms with Crippen LogP contribution < -0.4 is 10.0 Å². The van der Waals surface area contributed by atoms with Gasteiger partial charge in [-0.1, -0.05) is 0 Å². The average molecular weight is 307 g/mol. The van der Waals surface area contributed by atoms with Crippen molar-refractivity contribution >= 4 is 38.4 Å². The van der Waals surface area contributed by atoms with Gasteiger partial charge in [0, 0.05) is 11.9 Å². The Balaban J connectivity index is 2.45. The molecule has 0 fully saturated rings. The minimum Gasteiger partial charge on any atom is -0.481 e. The second kappa shape index (κ2) is 6.48. The van der Waals surface area contributed by atoms with Crippen LogP contribution in [-0.4, -0.2) is 43.2 Å². The molecule has 0 saturated heterocycles. The lowest BCUT2D eigenvalue weighted by Crippen LogP contribution is -2.27. The van der Waals surface area contributed by atoms with Crippen molar-refractivity contribution in [3.05, 3.63) is 11.1 Å². The van der Waals surface area contributed by atoms with Gasteiger partial charge in [-0.2, -0.15) is 0 Å². The normalized spacial score (nSPS) is 11.0. The summed E-state index contributed by atoms with van der Waals surface area (Å²) < 4.78 is 24.1. The number of nitrogens with one attached hydrogen (secondary N) is 2. The molecule has 0 spiro atoms. The van der Waals surface area contributed by atoms with Gasteiger partial charge < -0.3 is 10.4 Å². The van der Waals surface area contributed by atoms with Gasteiger partial charge in [-0.05, 0) is 0 Å². The quantitative estimate of drug-likeness (QED) is 0.632. The lowest BCUT2D eigenvalue weighted by Gasteiger charge is -2.01. The van der Waals surface area contributed by atoms with Gasteiger partial charge in [0.1, 0.15) is 0 Å². The maximum Gasteiger partial charge on any atom is 0.305 e. The van der Waals surface area contributed by atoms with E-state index in [1.165, 1.54) is 0 Å². The molecule has 106 valence electrons. The molecule has 0 aliphatic rings. The van der Waals surface area contributed by atoms with Crippen molar-refractivity contribution in [2.24, 2.45) is 0 Å². The predicted molar refractivity (Wildman–Crippen MR) is 69.5 cm³/mol. The molecule has 1 aromatic heterocycles. The highest BCUT2D eigenvalue weighted by Crippen LogP contribution is 2.16. The highest BCUT2D eigenvalue weighted by atomic mass is 32.2. The molecule has 0 unspecified atom stereocenters. The molecule has 0 aromatic carbocycles. The zero-order valence-electron chi connectivity index (χ0n) is 10.0. The van der Waals surface area contributed by atoms with Crippen LogP contribution in [0.2, 0.25) is 0 Å². The van der Waals surface area contributed by atoms with E-state index in [-0.39, 0.29) is 30.4 Å². The molecular weight excluding hydrogens is 294 g/mol. The second-order valence-electron chi connectivity index (χ2n) is 3.69. The van der Waals surface area contributed by atoms with Crippen LogP contribution in [0, 0.1) is 0 Å². The van der Waals surface area contributed by atoms with Gasteiger partial charge >= 0.3 is 5.97 Å². The third-order valence-corrected chi connectivity index (χ3v) is 3.33. The van der Waals surface area contributed by atoms with Crippen LogP contribution in [0.25, 0.3) is 0 Å². The first kappa shape index (κ1) is 15.4. The van der Waals surface area contributed by atoms with Crippen LogP contribution in [0.5, 0.6) is 0 Å². The number of carboxylic acid groups (broad SMARTS) is 1. The molecule has 1 heterocycles. The van der Waals surface area contributed by atoms with E-state index in [9.17, 15) is 18.0 Å². The fraction of sp³-hybridized carbons (Fsp3) is 0.444. The molecule has 0 saturated carbocycles.